The van der Waals surface area contributed by atoms with E-state index in [2.05, 4.69) is 24.5 Å². The van der Waals surface area contributed by atoms with E-state index in [0.29, 0.717) is 17.3 Å². The molecule has 2 aliphatic rings. The third-order valence-corrected chi connectivity index (χ3v) is 7.52. The van der Waals surface area contributed by atoms with E-state index in [1.165, 1.54) is 25.0 Å². The van der Waals surface area contributed by atoms with Gasteiger partial charge < -0.3 is 20.6 Å². The van der Waals surface area contributed by atoms with Gasteiger partial charge in [0.15, 0.2) is 0 Å². The molecule has 2 aromatic rings. The third-order valence-electron chi connectivity index (χ3n) is 6.78. The van der Waals surface area contributed by atoms with Crippen molar-refractivity contribution in [2.75, 3.05) is 36.4 Å². The normalized spacial score (nSPS) is 25.3. The summed E-state index contributed by atoms with van der Waals surface area (Å²) in [5.74, 6) is 0.315. The average molecular weight is 506 g/mol. The standard InChI is InChI=1S/C25H30Cl2N4O3/c1-16-9-11-30(12-10-16)15-17(2)14-28-23(32)25(34)19-5-3-4-6-22(19)29-24(33)31(25)18-7-8-20(26)21(27)13-18/h3-8,13,16-17,34H,9-12,14-15H2,1-2H3,(H,28,32)(H,29,33)/p+1. The number of anilines is 2. The number of nitrogens with one attached hydrogen (secondary N) is 3. The molecule has 3 amide bonds. The Morgan fingerprint density at radius 3 is 2.65 bits per heavy atom. The van der Waals surface area contributed by atoms with E-state index >= 15 is 0 Å². The zero-order chi connectivity index (χ0) is 24.5. The highest BCUT2D eigenvalue weighted by molar-refractivity contribution is 6.42. The molecule has 34 heavy (non-hydrogen) atoms. The SMILES string of the molecule is CC1CC[NH+](CC(C)CNC(=O)C2(O)c3ccccc3NC(=O)N2c2ccc(Cl)c(Cl)c2)CC1. The lowest BCUT2D eigenvalue weighted by Crippen LogP contribution is -3.13. The molecule has 9 heteroatoms. The summed E-state index contributed by atoms with van der Waals surface area (Å²) >= 11 is 12.2. The maximum Gasteiger partial charge on any atom is 0.329 e. The van der Waals surface area contributed by atoms with Crippen LogP contribution in [0.15, 0.2) is 42.5 Å². The Labute approximate surface area is 210 Å². The van der Waals surface area contributed by atoms with E-state index in [-0.39, 0.29) is 22.2 Å². The van der Waals surface area contributed by atoms with Gasteiger partial charge in [-0.05, 0) is 43.0 Å². The third kappa shape index (κ3) is 4.89. The molecule has 0 spiro atoms. The van der Waals surface area contributed by atoms with Crippen LogP contribution in [0, 0.1) is 11.8 Å². The van der Waals surface area contributed by atoms with Crippen LogP contribution in [0.1, 0.15) is 32.3 Å². The predicted octanol–water partition coefficient (Wildman–Crippen LogP) is 3.26. The highest BCUT2D eigenvalue weighted by Crippen LogP contribution is 2.41. The number of carbonyl (C=O) groups is 2. The number of benzene rings is 2. The van der Waals surface area contributed by atoms with Crippen molar-refractivity contribution in [3.8, 4) is 0 Å². The Morgan fingerprint density at radius 1 is 1.24 bits per heavy atom. The maximum absolute atomic E-state index is 13.6. The Balaban J connectivity index is 1.58. The summed E-state index contributed by atoms with van der Waals surface area (Å²) < 4.78 is 0. The van der Waals surface area contributed by atoms with Crippen LogP contribution in [0.5, 0.6) is 0 Å². The largest absolute Gasteiger partial charge is 0.359 e. The first-order valence-corrected chi connectivity index (χ1v) is 12.5. The molecular formula is C25H31Cl2N4O3+. The minimum absolute atomic E-state index is 0.209. The quantitative estimate of drug-likeness (QED) is 0.485. The fourth-order valence-electron chi connectivity index (χ4n) is 4.82. The van der Waals surface area contributed by atoms with Gasteiger partial charge in [-0.1, -0.05) is 55.2 Å². The second kappa shape index (κ2) is 10.1. The first-order chi connectivity index (χ1) is 16.2. The van der Waals surface area contributed by atoms with Crippen molar-refractivity contribution in [1.82, 2.24) is 5.32 Å². The molecule has 1 fully saturated rings. The van der Waals surface area contributed by atoms with E-state index in [4.69, 9.17) is 23.2 Å². The monoisotopic (exact) mass is 505 g/mol. The molecule has 2 aliphatic heterocycles. The Morgan fingerprint density at radius 2 is 1.94 bits per heavy atom. The van der Waals surface area contributed by atoms with Gasteiger partial charge in [0, 0.05) is 18.0 Å². The van der Waals surface area contributed by atoms with Crippen LogP contribution in [-0.2, 0) is 10.5 Å². The number of aliphatic hydroxyl groups is 1. The first kappa shape index (κ1) is 24.8. The molecular weight excluding hydrogens is 475 g/mol. The van der Waals surface area contributed by atoms with Gasteiger partial charge in [-0.2, -0.15) is 0 Å². The van der Waals surface area contributed by atoms with E-state index in [0.717, 1.165) is 30.5 Å². The summed E-state index contributed by atoms with van der Waals surface area (Å²) in [6.07, 6.45) is 2.44. The van der Waals surface area contributed by atoms with Crippen LogP contribution in [-0.4, -0.2) is 43.2 Å². The molecule has 2 aromatic carbocycles. The average Bonchev–Trinajstić information content (AvgIpc) is 2.81. The number of para-hydroxylation sites is 1. The number of likely N-dealkylation sites (tertiary alicyclic amines) is 1. The summed E-state index contributed by atoms with van der Waals surface area (Å²) in [4.78, 5) is 29.2. The fourth-order valence-corrected chi connectivity index (χ4v) is 5.11. The molecule has 0 aliphatic carbocycles. The van der Waals surface area contributed by atoms with Gasteiger partial charge in [0.05, 0.1) is 41.1 Å². The number of hydrogen-bond acceptors (Lipinski definition) is 3. The second-order valence-electron chi connectivity index (χ2n) is 9.53. The van der Waals surface area contributed by atoms with Crippen molar-refractivity contribution in [2.24, 2.45) is 11.8 Å². The van der Waals surface area contributed by atoms with E-state index in [1.807, 2.05) is 0 Å². The second-order valence-corrected chi connectivity index (χ2v) is 10.3. The molecule has 0 bridgehead atoms. The van der Waals surface area contributed by atoms with Crippen molar-refractivity contribution >= 4 is 46.5 Å². The lowest BCUT2D eigenvalue weighted by Gasteiger charge is -2.42. The Kier molecular flexibility index (Phi) is 7.38. The summed E-state index contributed by atoms with van der Waals surface area (Å²) in [5.41, 5.74) is -1.36. The molecule has 7 nitrogen and oxygen atoms in total. The van der Waals surface area contributed by atoms with E-state index in [1.54, 1.807) is 35.2 Å². The molecule has 4 rings (SSSR count). The summed E-state index contributed by atoms with van der Waals surface area (Å²) in [6, 6.07) is 10.6. The van der Waals surface area contributed by atoms with Crippen LogP contribution in [0.4, 0.5) is 16.2 Å². The van der Waals surface area contributed by atoms with Gasteiger partial charge in [-0.25, -0.2) is 4.79 Å². The minimum Gasteiger partial charge on any atom is -0.359 e. The van der Waals surface area contributed by atoms with E-state index < -0.39 is 17.7 Å². The van der Waals surface area contributed by atoms with Gasteiger partial charge in [-0.3, -0.25) is 9.69 Å². The number of halogens is 2. The molecule has 0 radical (unpaired) electrons. The number of carbonyl (C=O) groups excluding carboxylic acids is 2. The van der Waals surface area contributed by atoms with Gasteiger partial charge in [-0.15, -0.1) is 0 Å². The molecule has 0 aromatic heterocycles. The van der Waals surface area contributed by atoms with Crippen molar-refractivity contribution in [3.63, 3.8) is 0 Å². The first-order valence-electron chi connectivity index (χ1n) is 11.7. The maximum atomic E-state index is 13.6. The molecule has 4 N–H and O–H groups in total. The van der Waals surface area contributed by atoms with Gasteiger partial charge in [0.2, 0.25) is 0 Å². The molecule has 1 saturated heterocycles. The highest BCUT2D eigenvalue weighted by Gasteiger charge is 2.52. The molecule has 2 heterocycles. The Hall–Kier alpha value is -2.32. The summed E-state index contributed by atoms with van der Waals surface area (Å²) in [6.45, 7) is 7.99. The lowest BCUT2D eigenvalue weighted by molar-refractivity contribution is -0.909. The molecule has 2 unspecified atom stereocenters. The number of rotatable bonds is 6. The number of fused-ring (bicyclic) bond motifs is 1. The predicted molar refractivity (Wildman–Crippen MR) is 134 cm³/mol. The van der Waals surface area contributed by atoms with Gasteiger partial charge in [0.25, 0.3) is 11.6 Å². The van der Waals surface area contributed by atoms with Crippen molar-refractivity contribution in [3.05, 3.63) is 58.1 Å². The number of piperidine rings is 1. The molecule has 2 atom stereocenters. The topological polar surface area (TPSA) is 86.1 Å². The zero-order valence-electron chi connectivity index (χ0n) is 19.4. The number of quaternary nitrogens is 1. The van der Waals surface area contributed by atoms with Gasteiger partial charge >= 0.3 is 6.03 Å². The number of urea groups is 1. The highest BCUT2D eigenvalue weighted by atomic mass is 35.5. The Bertz CT molecular complexity index is 1070. The smallest absolute Gasteiger partial charge is 0.329 e. The van der Waals surface area contributed by atoms with Crippen LogP contribution in [0.25, 0.3) is 0 Å². The number of amides is 3. The number of nitrogens with zero attached hydrogens (tertiary/aromatic N) is 1. The van der Waals surface area contributed by atoms with Crippen molar-refractivity contribution in [1.29, 1.82) is 0 Å². The zero-order valence-corrected chi connectivity index (χ0v) is 20.9. The fraction of sp³-hybridized carbons (Fsp3) is 0.440. The van der Waals surface area contributed by atoms with Crippen LogP contribution in [0.3, 0.4) is 0 Å². The molecule has 0 saturated carbocycles. The summed E-state index contributed by atoms with van der Waals surface area (Å²) in [5, 5.41) is 18.0. The molecule has 182 valence electrons. The van der Waals surface area contributed by atoms with Crippen LogP contribution >= 0.6 is 23.2 Å². The minimum atomic E-state index is -2.26. The van der Waals surface area contributed by atoms with Gasteiger partial charge in [0.1, 0.15) is 0 Å². The van der Waals surface area contributed by atoms with E-state index in [9.17, 15) is 14.7 Å². The lowest BCUT2D eigenvalue weighted by atomic mass is 9.94. The van der Waals surface area contributed by atoms with Crippen molar-refractivity contribution in [2.45, 2.75) is 32.4 Å². The summed E-state index contributed by atoms with van der Waals surface area (Å²) in [7, 11) is 0. The van der Waals surface area contributed by atoms with Crippen LogP contribution in [0.2, 0.25) is 10.0 Å². The van der Waals surface area contributed by atoms with Crippen LogP contribution < -0.4 is 20.4 Å². The van der Waals surface area contributed by atoms with Crippen molar-refractivity contribution < 1.29 is 19.6 Å². The number of hydrogen-bond donors (Lipinski definition) is 4.